The van der Waals surface area contributed by atoms with E-state index in [0.717, 1.165) is 15.4 Å². The number of esters is 1. The van der Waals surface area contributed by atoms with E-state index in [-0.39, 0.29) is 13.1 Å². The third kappa shape index (κ3) is 5.53. The van der Waals surface area contributed by atoms with Gasteiger partial charge in [-0.1, -0.05) is 17.7 Å². The average Bonchev–Trinajstić information content (AvgIpc) is 2.87. The molecule has 0 bridgehead atoms. The second-order valence-corrected chi connectivity index (χ2v) is 6.44. The van der Waals surface area contributed by atoms with E-state index in [1.54, 1.807) is 12.1 Å². The SMILES string of the molecule is Cc1ccc(NC(=O)CN(C)C(=O)COC(=O)CN2C(=O)CN(C)C2=O)cc1. The van der Waals surface area contributed by atoms with Crippen molar-refractivity contribution in [2.45, 2.75) is 6.92 Å². The minimum Gasteiger partial charge on any atom is -0.454 e. The molecule has 28 heavy (non-hydrogen) atoms. The number of benzene rings is 1. The Morgan fingerprint density at radius 3 is 2.39 bits per heavy atom. The third-order valence-corrected chi connectivity index (χ3v) is 4.02. The summed E-state index contributed by atoms with van der Waals surface area (Å²) in [5.74, 6) is -2.39. The normalized spacial score (nSPS) is 13.5. The lowest BCUT2D eigenvalue weighted by Crippen LogP contribution is -2.40. The van der Waals surface area contributed by atoms with Crippen molar-refractivity contribution in [3.8, 4) is 0 Å². The molecule has 1 heterocycles. The number of hydrogen-bond donors (Lipinski definition) is 1. The highest BCUT2D eigenvalue weighted by molar-refractivity contribution is 6.04. The van der Waals surface area contributed by atoms with Gasteiger partial charge in [0.2, 0.25) is 5.91 Å². The molecule has 0 unspecified atom stereocenters. The molecule has 1 aromatic rings. The number of carbonyl (C=O) groups excluding carboxylic acids is 5. The molecule has 0 atom stereocenters. The number of anilines is 1. The molecular formula is C18H22N4O6. The van der Waals surface area contributed by atoms with E-state index in [2.05, 4.69) is 5.32 Å². The van der Waals surface area contributed by atoms with Gasteiger partial charge >= 0.3 is 12.0 Å². The Kier molecular flexibility index (Phi) is 6.69. The van der Waals surface area contributed by atoms with Crippen molar-refractivity contribution >= 4 is 35.4 Å². The van der Waals surface area contributed by atoms with Gasteiger partial charge in [-0.2, -0.15) is 0 Å². The Morgan fingerprint density at radius 2 is 1.82 bits per heavy atom. The van der Waals surface area contributed by atoms with Crippen LogP contribution in [0.15, 0.2) is 24.3 Å². The largest absolute Gasteiger partial charge is 0.454 e. The summed E-state index contributed by atoms with van der Waals surface area (Å²) in [6.45, 7) is 0.432. The van der Waals surface area contributed by atoms with Crippen molar-refractivity contribution in [1.29, 1.82) is 0 Å². The van der Waals surface area contributed by atoms with E-state index in [0.29, 0.717) is 5.69 Å². The molecule has 1 saturated heterocycles. The smallest absolute Gasteiger partial charge is 0.327 e. The number of nitrogens with zero attached hydrogens (tertiary/aromatic N) is 3. The summed E-state index contributed by atoms with van der Waals surface area (Å²) >= 11 is 0. The topological polar surface area (TPSA) is 116 Å². The maximum absolute atomic E-state index is 12.0. The van der Waals surface area contributed by atoms with Gasteiger partial charge in [-0.15, -0.1) is 0 Å². The summed E-state index contributed by atoms with van der Waals surface area (Å²) in [6.07, 6.45) is 0. The summed E-state index contributed by atoms with van der Waals surface area (Å²) in [6, 6.07) is 6.58. The van der Waals surface area contributed by atoms with Gasteiger partial charge in [0, 0.05) is 19.8 Å². The van der Waals surface area contributed by atoms with Gasteiger partial charge in [0.1, 0.15) is 13.1 Å². The number of aryl methyl sites for hydroxylation is 1. The van der Waals surface area contributed by atoms with Crippen molar-refractivity contribution in [1.82, 2.24) is 14.7 Å². The molecule has 10 heteroatoms. The number of ether oxygens (including phenoxy) is 1. The van der Waals surface area contributed by atoms with Gasteiger partial charge < -0.3 is 19.9 Å². The molecule has 10 nitrogen and oxygen atoms in total. The quantitative estimate of drug-likeness (QED) is 0.510. The van der Waals surface area contributed by atoms with E-state index in [1.807, 2.05) is 19.1 Å². The number of amides is 5. The zero-order valence-corrected chi connectivity index (χ0v) is 15.9. The summed E-state index contributed by atoms with van der Waals surface area (Å²) in [4.78, 5) is 62.1. The number of urea groups is 1. The second kappa shape index (κ2) is 8.98. The second-order valence-electron chi connectivity index (χ2n) is 6.44. The first-order valence-electron chi connectivity index (χ1n) is 8.49. The maximum atomic E-state index is 12.0. The van der Waals surface area contributed by atoms with Crippen LogP contribution >= 0.6 is 0 Å². The number of nitrogens with one attached hydrogen (secondary N) is 1. The maximum Gasteiger partial charge on any atom is 0.327 e. The summed E-state index contributed by atoms with van der Waals surface area (Å²) in [5, 5.41) is 2.66. The highest BCUT2D eigenvalue weighted by Crippen LogP contribution is 2.09. The van der Waals surface area contributed by atoms with Crippen LogP contribution in [0.5, 0.6) is 0 Å². The van der Waals surface area contributed by atoms with Crippen LogP contribution in [0.2, 0.25) is 0 Å². The minimum absolute atomic E-state index is 0.107. The highest BCUT2D eigenvalue weighted by atomic mass is 16.5. The number of imide groups is 1. The summed E-state index contributed by atoms with van der Waals surface area (Å²) < 4.78 is 4.81. The third-order valence-electron chi connectivity index (χ3n) is 4.02. The number of hydrogen-bond acceptors (Lipinski definition) is 6. The molecule has 5 amide bonds. The van der Waals surface area contributed by atoms with Crippen LogP contribution in [-0.4, -0.2) is 84.8 Å². The van der Waals surface area contributed by atoms with Crippen LogP contribution in [-0.2, 0) is 23.9 Å². The fourth-order valence-corrected chi connectivity index (χ4v) is 2.39. The van der Waals surface area contributed by atoms with Gasteiger partial charge in [0.15, 0.2) is 6.61 Å². The predicted molar refractivity (Wildman–Crippen MR) is 98.1 cm³/mol. The van der Waals surface area contributed by atoms with Crippen molar-refractivity contribution < 1.29 is 28.7 Å². The molecule has 0 aliphatic carbocycles. The van der Waals surface area contributed by atoms with Gasteiger partial charge in [-0.3, -0.25) is 24.1 Å². The lowest BCUT2D eigenvalue weighted by molar-refractivity contribution is -0.153. The zero-order chi connectivity index (χ0) is 20.8. The Bertz CT molecular complexity index is 792. The Hall–Kier alpha value is -3.43. The van der Waals surface area contributed by atoms with Crippen LogP contribution in [0.3, 0.4) is 0 Å². The van der Waals surface area contributed by atoms with Crippen LogP contribution < -0.4 is 5.32 Å². The number of carbonyl (C=O) groups is 5. The molecule has 0 radical (unpaired) electrons. The van der Waals surface area contributed by atoms with Gasteiger partial charge in [-0.05, 0) is 19.1 Å². The minimum atomic E-state index is -0.886. The Morgan fingerprint density at radius 1 is 1.18 bits per heavy atom. The molecule has 0 spiro atoms. The van der Waals surface area contributed by atoms with Gasteiger partial charge in [0.05, 0.1) is 6.54 Å². The molecule has 0 saturated carbocycles. The monoisotopic (exact) mass is 390 g/mol. The first-order chi connectivity index (χ1) is 13.2. The number of rotatable bonds is 7. The van der Waals surface area contributed by atoms with Crippen LogP contribution in [0, 0.1) is 6.92 Å². The van der Waals surface area contributed by atoms with E-state index < -0.39 is 42.9 Å². The molecule has 1 aliphatic rings. The highest BCUT2D eigenvalue weighted by Gasteiger charge is 2.35. The summed E-state index contributed by atoms with van der Waals surface area (Å²) in [5.41, 5.74) is 1.66. The summed E-state index contributed by atoms with van der Waals surface area (Å²) in [7, 11) is 2.83. The van der Waals surface area contributed by atoms with Crippen molar-refractivity contribution in [3.05, 3.63) is 29.8 Å². The van der Waals surface area contributed by atoms with Crippen molar-refractivity contribution in [3.63, 3.8) is 0 Å². The van der Waals surface area contributed by atoms with E-state index in [4.69, 9.17) is 4.74 Å². The molecule has 1 aromatic carbocycles. The predicted octanol–water partition coefficient (Wildman–Crippen LogP) is -0.171. The average molecular weight is 390 g/mol. The molecule has 2 rings (SSSR count). The molecule has 1 N–H and O–H groups in total. The standard InChI is InChI=1S/C18H22N4O6/c1-12-4-6-13(7-5-12)19-14(23)8-20(2)16(25)11-28-17(26)10-22-15(24)9-21(3)18(22)27/h4-7H,8-11H2,1-3H3,(H,19,23). The van der Waals surface area contributed by atoms with Crippen LogP contribution in [0.1, 0.15) is 5.56 Å². The van der Waals surface area contributed by atoms with E-state index in [1.165, 1.54) is 19.0 Å². The fourth-order valence-electron chi connectivity index (χ4n) is 2.39. The lowest BCUT2D eigenvalue weighted by Gasteiger charge is -2.17. The molecule has 1 fully saturated rings. The van der Waals surface area contributed by atoms with Crippen molar-refractivity contribution in [2.75, 3.05) is 45.7 Å². The Balaban J connectivity index is 1.75. The molecular weight excluding hydrogens is 368 g/mol. The van der Waals surface area contributed by atoms with Gasteiger partial charge in [-0.25, -0.2) is 4.79 Å². The Labute approximate surface area is 162 Å². The molecule has 150 valence electrons. The van der Waals surface area contributed by atoms with Crippen LogP contribution in [0.25, 0.3) is 0 Å². The van der Waals surface area contributed by atoms with Crippen LogP contribution in [0.4, 0.5) is 10.5 Å². The first kappa shape index (κ1) is 20.9. The molecule has 1 aliphatic heterocycles. The van der Waals surface area contributed by atoms with E-state index >= 15 is 0 Å². The van der Waals surface area contributed by atoms with Crippen molar-refractivity contribution in [2.24, 2.45) is 0 Å². The lowest BCUT2D eigenvalue weighted by atomic mass is 10.2. The number of likely N-dealkylation sites (N-methyl/N-ethyl adjacent to an activating group) is 2. The fraction of sp³-hybridized carbons (Fsp3) is 0.389. The van der Waals surface area contributed by atoms with E-state index in [9.17, 15) is 24.0 Å². The molecule has 0 aromatic heterocycles. The first-order valence-corrected chi connectivity index (χ1v) is 8.49. The van der Waals surface area contributed by atoms with Gasteiger partial charge in [0.25, 0.3) is 11.8 Å². The zero-order valence-electron chi connectivity index (χ0n) is 15.9.